The molecule has 0 aliphatic rings. The van der Waals surface area contributed by atoms with Crippen molar-refractivity contribution in [3.05, 3.63) is 0 Å². The van der Waals surface area contributed by atoms with Crippen molar-refractivity contribution in [2.45, 2.75) is 39.5 Å². The Hall–Kier alpha value is -0.380. The molecule has 2 N–H and O–H groups in total. The molecule has 0 aromatic carbocycles. The summed E-state index contributed by atoms with van der Waals surface area (Å²) in [7, 11) is -4.65. The first-order chi connectivity index (χ1) is 6.39. The molecule has 0 spiro atoms. The third-order valence-corrected chi connectivity index (χ3v) is 2.57. The lowest BCUT2D eigenvalue weighted by Gasteiger charge is -2.11. The molecular weight excluding hydrogens is 207 g/mol. The minimum absolute atomic E-state index is 0.0669. The summed E-state index contributed by atoms with van der Waals surface area (Å²) in [6, 6.07) is 0. The summed E-state index contributed by atoms with van der Waals surface area (Å²) in [5.74, 6) is -0.412. The Morgan fingerprint density at radius 2 is 1.86 bits per heavy atom. The van der Waals surface area contributed by atoms with Gasteiger partial charge in [-0.25, -0.2) is 4.57 Å². The van der Waals surface area contributed by atoms with Gasteiger partial charge < -0.3 is 4.52 Å². The SMILES string of the molecule is CCC(CC)CCC(=O)OP(=O)(O)O. The summed E-state index contributed by atoms with van der Waals surface area (Å²) < 4.78 is 14.2. The molecular formula is C8H17O5P. The van der Waals surface area contributed by atoms with Crippen LogP contribution in [0.5, 0.6) is 0 Å². The molecule has 84 valence electrons. The molecule has 0 atom stereocenters. The molecule has 0 rings (SSSR count). The van der Waals surface area contributed by atoms with Gasteiger partial charge in [-0.15, -0.1) is 0 Å². The zero-order valence-corrected chi connectivity index (χ0v) is 9.37. The van der Waals surface area contributed by atoms with Gasteiger partial charge in [0.05, 0.1) is 0 Å². The molecule has 0 unspecified atom stereocenters. The number of phosphoric ester groups is 1. The van der Waals surface area contributed by atoms with E-state index in [2.05, 4.69) is 4.52 Å². The van der Waals surface area contributed by atoms with Crippen LogP contribution in [0.3, 0.4) is 0 Å². The van der Waals surface area contributed by atoms with Crippen molar-refractivity contribution >= 4 is 13.8 Å². The first kappa shape index (κ1) is 13.6. The fourth-order valence-electron chi connectivity index (χ4n) is 1.20. The normalized spacial score (nSPS) is 11.8. The predicted octanol–water partition coefficient (Wildman–Crippen LogP) is 1.84. The second-order valence-corrected chi connectivity index (χ2v) is 4.34. The van der Waals surface area contributed by atoms with Crippen LogP contribution < -0.4 is 0 Å². The van der Waals surface area contributed by atoms with Gasteiger partial charge in [0.25, 0.3) is 0 Å². The van der Waals surface area contributed by atoms with Gasteiger partial charge >= 0.3 is 13.8 Å². The highest BCUT2D eigenvalue weighted by Crippen LogP contribution is 2.36. The molecule has 0 aliphatic carbocycles. The van der Waals surface area contributed by atoms with E-state index in [4.69, 9.17) is 9.79 Å². The Labute approximate surface area is 83.7 Å². The van der Waals surface area contributed by atoms with E-state index in [1.165, 1.54) is 0 Å². The lowest BCUT2D eigenvalue weighted by atomic mass is 9.98. The van der Waals surface area contributed by atoms with Gasteiger partial charge in [-0.1, -0.05) is 26.7 Å². The van der Waals surface area contributed by atoms with Crippen LogP contribution in [0.1, 0.15) is 39.5 Å². The number of phosphoric acid groups is 1. The molecule has 0 aromatic heterocycles. The number of carbonyl (C=O) groups is 1. The van der Waals surface area contributed by atoms with Gasteiger partial charge in [0, 0.05) is 6.42 Å². The summed E-state index contributed by atoms with van der Waals surface area (Å²) >= 11 is 0. The van der Waals surface area contributed by atoms with E-state index in [1.54, 1.807) is 0 Å². The Kier molecular flexibility index (Phi) is 6.00. The topological polar surface area (TPSA) is 83.8 Å². The van der Waals surface area contributed by atoms with Crippen LogP contribution >= 0.6 is 7.82 Å². The Morgan fingerprint density at radius 1 is 1.36 bits per heavy atom. The van der Waals surface area contributed by atoms with Crippen LogP contribution in [0.4, 0.5) is 0 Å². The van der Waals surface area contributed by atoms with Crippen molar-refractivity contribution in [1.82, 2.24) is 0 Å². The first-order valence-electron chi connectivity index (χ1n) is 4.67. The minimum atomic E-state index is -4.65. The van der Waals surface area contributed by atoms with Crippen LogP contribution in [-0.2, 0) is 13.9 Å². The molecule has 0 radical (unpaired) electrons. The van der Waals surface area contributed by atoms with E-state index in [1.807, 2.05) is 13.8 Å². The zero-order valence-electron chi connectivity index (χ0n) is 8.47. The average Bonchev–Trinajstić information content (AvgIpc) is 2.03. The predicted molar refractivity (Wildman–Crippen MR) is 51.4 cm³/mol. The molecule has 0 amide bonds. The fourth-order valence-corrected chi connectivity index (χ4v) is 1.55. The molecule has 0 saturated carbocycles. The highest BCUT2D eigenvalue weighted by Gasteiger charge is 2.20. The van der Waals surface area contributed by atoms with Gasteiger partial charge in [-0.05, 0) is 12.3 Å². The van der Waals surface area contributed by atoms with Crippen LogP contribution in [0.2, 0.25) is 0 Å². The maximum Gasteiger partial charge on any atom is 0.526 e. The molecule has 0 saturated heterocycles. The van der Waals surface area contributed by atoms with Crippen LogP contribution in [0.15, 0.2) is 0 Å². The van der Waals surface area contributed by atoms with E-state index in [-0.39, 0.29) is 6.42 Å². The Morgan fingerprint density at radius 3 is 2.21 bits per heavy atom. The first-order valence-corrected chi connectivity index (χ1v) is 6.20. The van der Waals surface area contributed by atoms with Gasteiger partial charge in [0.15, 0.2) is 0 Å². The van der Waals surface area contributed by atoms with E-state index in [0.717, 1.165) is 12.8 Å². The van der Waals surface area contributed by atoms with Gasteiger partial charge in [0.2, 0.25) is 0 Å². The summed E-state index contributed by atoms with van der Waals surface area (Å²) in [4.78, 5) is 27.6. The molecule has 6 heteroatoms. The lowest BCUT2D eigenvalue weighted by molar-refractivity contribution is -0.136. The van der Waals surface area contributed by atoms with E-state index in [9.17, 15) is 9.36 Å². The average molecular weight is 224 g/mol. The summed E-state index contributed by atoms with van der Waals surface area (Å²) in [5, 5.41) is 0. The minimum Gasteiger partial charge on any atom is -0.371 e. The van der Waals surface area contributed by atoms with Crippen molar-refractivity contribution in [3.8, 4) is 0 Å². The van der Waals surface area contributed by atoms with Crippen LogP contribution in [0.25, 0.3) is 0 Å². The molecule has 0 fully saturated rings. The van der Waals surface area contributed by atoms with Gasteiger partial charge in [0.1, 0.15) is 0 Å². The fraction of sp³-hybridized carbons (Fsp3) is 0.875. The maximum atomic E-state index is 10.9. The lowest BCUT2D eigenvalue weighted by Crippen LogP contribution is -2.06. The third-order valence-electron chi connectivity index (χ3n) is 2.13. The molecule has 14 heavy (non-hydrogen) atoms. The standard InChI is InChI=1S/C8H17O5P/c1-3-7(4-2)5-6-8(9)13-14(10,11)12/h7H,3-6H2,1-2H3,(H2,10,11,12). The molecule has 0 heterocycles. The van der Waals surface area contributed by atoms with E-state index >= 15 is 0 Å². The quantitative estimate of drug-likeness (QED) is 0.672. The van der Waals surface area contributed by atoms with Crippen molar-refractivity contribution in [2.24, 2.45) is 5.92 Å². The Balaban J connectivity index is 3.79. The van der Waals surface area contributed by atoms with E-state index in [0.29, 0.717) is 12.3 Å². The van der Waals surface area contributed by atoms with Crippen molar-refractivity contribution < 1.29 is 23.7 Å². The number of hydrogen-bond donors (Lipinski definition) is 2. The summed E-state index contributed by atoms with van der Waals surface area (Å²) in [6.07, 6.45) is 2.60. The second kappa shape index (κ2) is 6.17. The van der Waals surface area contributed by atoms with Crippen molar-refractivity contribution in [1.29, 1.82) is 0 Å². The highest BCUT2D eigenvalue weighted by atomic mass is 31.2. The second-order valence-electron chi connectivity index (χ2n) is 3.18. The monoisotopic (exact) mass is 224 g/mol. The smallest absolute Gasteiger partial charge is 0.371 e. The molecule has 0 bridgehead atoms. The summed E-state index contributed by atoms with van der Waals surface area (Å²) in [5.41, 5.74) is 0. The van der Waals surface area contributed by atoms with E-state index < -0.39 is 13.8 Å². The molecule has 0 aromatic rings. The van der Waals surface area contributed by atoms with Crippen molar-refractivity contribution in [3.63, 3.8) is 0 Å². The van der Waals surface area contributed by atoms with Crippen molar-refractivity contribution in [2.75, 3.05) is 0 Å². The maximum absolute atomic E-state index is 10.9. The van der Waals surface area contributed by atoms with Gasteiger partial charge in [-0.2, -0.15) is 0 Å². The highest BCUT2D eigenvalue weighted by molar-refractivity contribution is 7.46. The van der Waals surface area contributed by atoms with Gasteiger partial charge in [-0.3, -0.25) is 14.6 Å². The number of hydrogen-bond acceptors (Lipinski definition) is 3. The molecule has 0 aliphatic heterocycles. The zero-order chi connectivity index (χ0) is 11.2. The number of carbonyl (C=O) groups excluding carboxylic acids is 1. The summed E-state index contributed by atoms with van der Waals surface area (Å²) in [6.45, 7) is 4.03. The number of rotatable bonds is 6. The third kappa shape index (κ3) is 7.06. The Bertz CT molecular complexity index is 218. The van der Waals surface area contributed by atoms with Crippen LogP contribution in [0, 0.1) is 5.92 Å². The largest absolute Gasteiger partial charge is 0.526 e. The van der Waals surface area contributed by atoms with Crippen LogP contribution in [-0.4, -0.2) is 15.8 Å². The molecule has 5 nitrogen and oxygen atoms in total.